The van der Waals surface area contributed by atoms with Crippen LogP contribution in [0.25, 0.3) is 0 Å². The van der Waals surface area contributed by atoms with Crippen molar-refractivity contribution in [1.29, 1.82) is 0 Å². The van der Waals surface area contributed by atoms with Gasteiger partial charge in [0.1, 0.15) is 0 Å². The zero-order chi connectivity index (χ0) is 21.9. The Labute approximate surface area is 190 Å². The van der Waals surface area contributed by atoms with Gasteiger partial charge in [0, 0.05) is 37.6 Å². The Kier molecular flexibility index (Phi) is 6.02. The fourth-order valence-corrected chi connectivity index (χ4v) is 5.53. The first kappa shape index (κ1) is 20.9. The predicted octanol–water partition coefficient (Wildman–Crippen LogP) is 4.34. The van der Waals surface area contributed by atoms with Crippen molar-refractivity contribution in [3.05, 3.63) is 59.7 Å². The summed E-state index contributed by atoms with van der Waals surface area (Å²) in [6.07, 6.45) is 6.34. The van der Waals surface area contributed by atoms with Gasteiger partial charge in [-0.05, 0) is 67.2 Å². The van der Waals surface area contributed by atoms with Crippen LogP contribution in [0.4, 0.5) is 21.0 Å². The molecule has 2 atom stereocenters. The van der Waals surface area contributed by atoms with Crippen LogP contribution in [-0.2, 0) is 12.8 Å². The average molecular weight is 433 g/mol. The number of fused-ring (bicyclic) bond motifs is 2. The van der Waals surface area contributed by atoms with Crippen LogP contribution in [0.3, 0.4) is 0 Å². The van der Waals surface area contributed by atoms with E-state index in [4.69, 9.17) is 0 Å². The average Bonchev–Trinajstić information content (AvgIpc) is 3.46. The van der Waals surface area contributed by atoms with Gasteiger partial charge in [0.25, 0.3) is 0 Å². The van der Waals surface area contributed by atoms with E-state index in [1.54, 1.807) is 0 Å². The molecule has 2 aromatic carbocycles. The summed E-state index contributed by atoms with van der Waals surface area (Å²) in [7, 11) is 0. The molecule has 1 fully saturated rings. The van der Waals surface area contributed by atoms with Crippen LogP contribution < -0.4 is 20.4 Å². The van der Waals surface area contributed by atoms with Crippen LogP contribution in [0.2, 0.25) is 0 Å². The second-order valence-electron chi connectivity index (χ2n) is 9.33. The molecule has 0 bridgehead atoms. The van der Waals surface area contributed by atoms with Crippen molar-refractivity contribution in [3.63, 3.8) is 0 Å². The van der Waals surface area contributed by atoms with Gasteiger partial charge in [-0.15, -0.1) is 0 Å². The molecule has 4 amide bonds. The molecule has 6 nitrogen and oxygen atoms in total. The number of anilines is 2. The molecule has 0 radical (unpaired) electrons. The molecule has 2 N–H and O–H groups in total. The Hall–Kier alpha value is -3.02. The SMILES string of the molecule is O=C(NC[C@H]1CCC[C@@H](CNC(=O)N2CCc3ccccc32)C1)N1CCc2ccccc21. The highest BCUT2D eigenvalue weighted by Crippen LogP contribution is 2.31. The fourth-order valence-electron chi connectivity index (χ4n) is 5.53. The highest BCUT2D eigenvalue weighted by Gasteiger charge is 2.28. The molecule has 0 aromatic heterocycles. The maximum atomic E-state index is 12.7. The maximum Gasteiger partial charge on any atom is 0.321 e. The highest BCUT2D eigenvalue weighted by molar-refractivity contribution is 5.94. The molecule has 2 aliphatic heterocycles. The molecule has 0 spiro atoms. The van der Waals surface area contributed by atoms with Gasteiger partial charge in [-0.25, -0.2) is 9.59 Å². The first-order chi connectivity index (χ1) is 15.7. The van der Waals surface area contributed by atoms with Crippen LogP contribution >= 0.6 is 0 Å². The molecule has 0 unspecified atom stereocenters. The Balaban J connectivity index is 1.08. The van der Waals surface area contributed by atoms with Crippen molar-refractivity contribution >= 4 is 23.4 Å². The van der Waals surface area contributed by atoms with Crippen molar-refractivity contribution in [1.82, 2.24) is 10.6 Å². The third-order valence-corrected chi connectivity index (χ3v) is 7.24. The Bertz CT molecular complexity index is 914. The van der Waals surface area contributed by atoms with Crippen molar-refractivity contribution < 1.29 is 9.59 Å². The quantitative estimate of drug-likeness (QED) is 0.755. The van der Waals surface area contributed by atoms with E-state index < -0.39 is 0 Å². The highest BCUT2D eigenvalue weighted by atomic mass is 16.2. The largest absolute Gasteiger partial charge is 0.337 e. The normalized spacial score (nSPS) is 21.8. The Morgan fingerprint density at radius 2 is 1.22 bits per heavy atom. The number of nitrogens with one attached hydrogen (secondary N) is 2. The number of nitrogens with zero attached hydrogens (tertiary/aromatic N) is 2. The van der Waals surface area contributed by atoms with Gasteiger partial charge in [0.15, 0.2) is 0 Å². The number of hydrogen-bond acceptors (Lipinski definition) is 2. The van der Waals surface area contributed by atoms with Gasteiger partial charge in [-0.3, -0.25) is 9.80 Å². The van der Waals surface area contributed by atoms with Crippen molar-refractivity contribution in [2.24, 2.45) is 11.8 Å². The second kappa shape index (κ2) is 9.23. The lowest BCUT2D eigenvalue weighted by Crippen LogP contribution is -2.43. The number of carbonyl (C=O) groups is 2. The summed E-state index contributed by atoms with van der Waals surface area (Å²) in [5, 5.41) is 6.34. The van der Waals surface area contributed by atoms with Crippen LogP contribution in [0, 0.1) is 11.8 Å². The Morgan fingerprint density at radius 3 is 1.72 bits per heavy atom. The van der Waals surface area contributed by atoms with Crippen LogP contribution in [0.5, 0.6) is 0 Å². The minimum absolute atomic E-state index is 0.0121. The summed E-state index contributed by atoms with van der Waals surface area (Å²) in [5.74, 6) is 0.944. The summed E-state index contributed by atoms with van der Waals surface area (Å²) >= 11 is 0. The van der Waals surface area contributed by atoms with E-state index in [0.717, 1.165) is 63.0 Å². The molecule has 6 heteroatoms. The monoisotopic (exact) mass is 432 g/mol. The molecule has 32 heavy (non-hydrogen) atoms. The lowest BCUT2D eigenvalue weighted by Gasteiger charge is -2.30. The van der Waals surface area contributed by atoms with E-state index in [0.29, 0.717) is 24.9 Å². The number of para-hydroxylation sites is 2. The van der Waals surface area contributed by atoms with Crippen molar-refractivity contribution in [2.45, 2.75) is 38.5 Å². The van der Waals surface area contributed by atoms with Crippen molar-refractivity contribution in [3.8, 4) is 0 Å². The summed E-state index contributed by atoms with van der Waals surface area (Å²) in [6.45, 7) is 2.93. The zero-order valence-electron chi connectivity index (χ0n) is 18.6. The lowest BCUT2D eigenvalue weighted by molar-refractivity contribution is 0.226. The van der Waals surface area contributed by atoms with Crippen LogP contribution in [0.15, 0.2) is 48.5 Å². The van der Waals surface area contributed by atoms with Gasteiger partial charge >= 0.3 is 12.1 Å². The van der Waals surface area contributed by atoms with E-state index in [2.05, 4.69) is 22.8 Å². The van der Waals surface area contributed by atoms with E-state index in [9.17, 15) is 9.59 Å². The van der Waals surface area contributed by atoms with E-state index in [-0.39, 0.29) is 12.1 Å². The third kappa shape index (κ3) is 4.31. The summed E-state index contributed by atoms with van der Waals surface area (Å²) in [6, 6.07) is 16.3. The van der Waals surface area contributed by atoms with Crippen molar-refractivity contribution in [2.75, 3.05) is 36.0 Å². The maximum absolute atomic E-state index is 12.7. The minimum Gasteiger partial charge on any atom is -0.337 e. The van der Waals surface area contributed by atoms with Gasteiger partial charge in [0.2, 0.25) is 0 Å². The van der Waals surface area contributed by atoms with Gasteiger partial charge in [-0.1, -0.05) is 42.8 Å². The summed E-state index contributed by atoms with van der Waals surface area (Å²) < 4.78 is 0. The molecule has 3 aliphatic rings. The topological polar surface area (TPSA) is 64.7 Å². The molecule has 1 aliphatic carbocycles. The summed E-state index contributed by atoms with van der Waals surface area (Å²) in [4.78, 5) is 29.2. The molecule has 168 valence electrons. The number of hydrogen-bond donors (Lipinski definition) is 2. The Morgan fingerprint density at radius 1 is 0.750 bits per heavy atom. The molecule has 2 aromatic rings. The minimum atomic E-state index is 0.0121. The number of amides is 4. The second-order valence-corrected chi connectivity index (χ2v) is 9.33. The van der Waals surface area contributed by atoms with Gasteiger partial charge in [0.05, 0.1) is 0 Å². The van der Waals surface area contributed by atoms with Gasteiger partial charge in [-0.2, -0.15) is 0 Å². The van der Waals surface area contributed by atoms with Crippen LogP contribution in [-0.4, -0.2) is 38.2 Å². The first-order valence-corrected chi connectivity index (χ1v) is 12.0. The summed E-state index contributed by atoms with van der Waals surface area (Å²) in [5.41, 5.74) is 4.57. The molecular formula is C26H32N4O2. The first-order valence-electron chi connectivity index (χ1n) is 12.0. The third-order valence-electron chi connectivity index (χ3n) is 7.24. The number of urea groups is 2. The zero-order valence-corrected chi connectivity index (χ0v) is 18.6. The standard InChI is InChI=1S/C26H32N4O2/c31-25(29-14-12-21-8-1-3-10-23(21)29)27-17-19-6-5-7-20(16-19)18-28-26(32)30-15-13-22-9-2-4-11-24(22)30/h1-4,8-11,19-20H,5-7,12-18H2,(H,27,31)(H,28,32)/t19-,20+. The smallest absolute Gasteiger partial charge is 0.321 e. The molecule has 0 saturated heterocycles. The van der Waals surface area contributed by atoms with E-state index >= 15 is 0 Å². The van der Waals surface area contributed by atoms with E-state index in [1.165, 1.54) is 11.1 Å². The fraction of sp³-hybridized carbons (Fsp3) is 0.462. The molecule has 5 rings (SSSR count). The molecule has 2 heterocycles. The van der Waals surface area contributed by atoms with E-state index in [1.807, 2.05) is 46.2 Å². The number of benzene rings is 2. The predicted molar refractivity (Wildman–Crippen MR) is 127 cm³/mol. The molecular weight excluding hydrogens is 400 g/mol. The lowest BCUT2D eigenvalue weighted by atomic mass is 9.81. The number of carbonyl (C=O) groups excluding carboxylic acids is 2. The van der Waals surface area contributed by atoms with Gasteiger partial charge < -0.3 is 10.6 Å². The molecule has 1 saturated carbocycles. The van der Waals surface area contributed by atoms with Crippen LogP contribution in [0.1, 0.15) is 36.8 Å². The number of rotatable bonds is 4.